The first-order chi connectivity index (χ1) is 12.7. The van der Waals surface area contributed by atoms with Crippen molar-refractivity contribution >= 4 is 43.6 Å². The van der Waals surface area contributed by atoms with Crippen molar-refractivity contribution in [3.63, 3.8) is 0 Å². The molecule has 0 atom stereocenters. The number of carbonyl (C=O) groups excluding carboxylic acids is 1. The van der Waals surface area contributed by atoms with Gasteiger partial charge in [-0.25, -0.2) is 0 Å². The van der Waals surface area contributed by atoms with Gasteiger partial charge in [-0.15, -0.1) is 0 Å². The molecule has 2 heterocycles. The Bertz CT molecular complexity index is 1060. The van der Waals surface area contributed by atoms with Crippen molar-refractivity contribution < 1.29 is 4.79 Å². The molecule has 2 N–H and O–H groups in total. The van der Waals surface area contributed by atoms with Crippen LogP contribution in [0.5, 0.6) is 0 Å². The summed E-state index contributed by atoms with van der Waals surface area (Å²) in [6.07, 6.45) is 5.38. The highest BCUT2D eigenvalue weighted by atomic mass is 79.9. The van der Waals surface area contributed by atoms with E-state index in [1.807, 2.05) is 30.6 Å². The number of benzene rings is 2. The summed E-state index contributed by atoms with van der Waals surface area (Å²) in [7, 11) is 0. The Morgan fingerprint density at radius 1 is 1.15 bits per heavy atom. The lowest BCUT2D eigenvalue weighted by Gasteiger charge is -2.07. The van der Waals surface area contributed by atoms with Crippen molar-refractivity contribution in [2.24, 2.45) is 0 Å². The Morgan fingerprint density at radius 2 is 2.04 bits per heavy atom. The van der Waals surface area contributed by atoms with E-state index in [-0.39, 0.29) is 5.91 Å². The number of H-pyrrole nitrogens is 1. The standard InChI is InChI=1S/C21H20BrN3O/c22-17-5-6-20-15(13-17)8-11-25(20)12-9-21(26)23-10-7-16-14-24-19-4-2-1-3-18(16)19/h1-6,8,11,13-14,24H,7,9-10,12H2,(H,23,26). The van der Waals surface area contributed by atoms with Gasteiger partial charge >= 0.3 is 0 Å². The van der Waals surface area contributed by atoms with Crippen LogP contribution in [0.2, 0.25) is 0 Å². The number of carbonyl (C=O) groups is 1. The summed E-state index contributed by atoms with van der Waals surface area (Å²) in [4.78, 5) is 15.5. The van der Waals surface area contributed by atoms with Gasteiger partial charge in [-0.1, -0.05) is 34.1 Å². The van der Waals surface area contributed by atoms with E-state index in [0.717, 1.165) is 21.9 Å². The summed E-state index contributed by atoms with van der Waals surface area (Å²) in [6, 6.07) is 16.5. The molecule has 0 fully saturated rings. The van der Waals surface area contributed by atoms with E-state index in [0.29, 0.717) is 19.5 Å². The van der Waals surface area contributed by atoms with Crippen LogP contribution in [0.1, 0.15) is 12.0 Å². The van der Waals surface area contributed by atoms with E-state index in [1.54, 1.807) is 0 Å². The molecule has 0 spiro atoms. The van der Waals surface area contributed by atoms with Crippen LogP contribution in [-0.2, 0) is 17.8 Å². The van der Waals surface area contributed by atoms with Gasteiger partial charge in [-0.2, -0.15) is 0 Å². The minimum absolute atomic E-state index is 0.0869. The van der Waals surface area contributed by atoms with Gasteiger partial charge < -0.3 is 14.9 Å². The number of nitrogens with one attached hydrogen (secondary N) is 2. The molecule has 1 amide bonds. The molecule has 0 aliphatic carbocycles. The van der Waals surface area contributed by atoms with Crippen molar-refractivity contribution in [2.75, 3.05) is 6.54 Å². The zero-order valence-electron chi connectivity index (χ0n) is 14.3. The Labute approximate surface area is 160 Å². The van der Waals surface area contributed by atoms with Gasteiger partial charge in [0.2, 0.25) is 5.91 Å². The fourth-order valence-corrected chi connectivity index (χ4v) is 3.73. The SMILES string of the molecule is O=C(CCn1ccc2cc(Br)ccc21)NCCc1c[nH]c2ccccc12. The molecule has 0 saturated carbocycles. The van der Waals surface area contributed by atoms with Crippen LogP contribution < -0.4 is 5.32 Å². The predicted octanol–water partition coefficient (Wildman–Crippen LogP) is 4.63. The molecule has 0 unspecified atom stereocenters. The summed E-state index contributed by atoms with van der Waals surface area (Å²) in [5.74, 6) is 0.0869. The molecule has 0 radical (unpaired) electrons. The number of hydrogen-bond acceptors (Lipinski definition) is 1. The number of hydrogen-bond donors (Lipinski definition) is 2. The summed E-state index contributed by atoms with van der Waals surface area (Å²) in [6.45, 7) is 1.34. The molecule has 132 valence electrons. The van der Waals surface area contributed by atoms with Gasteiger partial charge in [0, 0.05) is 58.2 Å². The predicted molar refractivity (Wildman–Crippen MR) is 109 cm³/mol. The van der Waals surface area contributed by atoms with E-state index in [2.05, 4.69) is 61.1 Å². The van der Waals surface area contributed by atoms with Crippen LogP contribution in [0.4, 0.5) is 0 Å². The van der Waals surface area contributed by atoms with E-state index in [1.165, 1.54) is 16.3 Å². The molecule has 4 rings (SSSR count). The number of aromatic nitrogens is 2. The number of halogens is 1. The molecular formula is C21H20BrN3O. The first-order valence-corrected chi connectivity index (χ1v) is 9.56. The number of nitrogens with zero attached hydrogens (tertiary/aromatic N) is 1. The average Bonchev–Trinajstić information content (AvgIpc) is 3.24. The minimum atomic E-state index is 0.0869. The van der Waals surface area contributed by atoms with Gasteiger partial charge in [0.25, 0.3) is 0 Å². The number of aryl methyl sites for hydroxylation is 1. The van der Waals surface area contributed by atoms with Gasteiger partial charge in [0.1, 0.15) is 0 Å². The van der Waals surface area contributed by atoms with E-state index in [4.69, 9.17) is 0 Å². The van der Waals surface area contributed by atoms with E-state index in [9.17, 15) is 4.79 Å². The lowest BCUT2D eigenvalue weighted by molar-refractivity contribution is -0.121. The summed E-state index contributed by atoms with van der Waals surface area (Å²) in [5.41, 5.74) is 3.53. The van der Waals surface area contributed by atoms with Crippen molar-refractivity contribution in [1.29, 1.82) is 0 Å². The second kappa shape index (κ2) is 7.38. The number of para-hydroxylation sites is 1. The first-order valence-electron chi connectivity index (χ1n) is 8.77. The Morgan fingerprint density at radius 3 is 2.96 bits per heavy atom. The third-order valence-corrected chi connectivity index (χ3v) is 5.20. The molecular weight excluding hydrogens is 390 g/mol. The Balaban J connectivity index is 1.30. The zero-order chi connectivity index (χ0) is 17.9. The quantitative estimate of drug-likeness (QED) is 0.478. The second-order valence-electron chi connectivity index (χ2n) is 6.42. The summed E-state index contributed by atoms with van der Waals surface area (Å²) in [5, 5.41) is 5.44. The number of aromatic amines is 1. The van der Waals surface area contributed by atoms with E-state index < -0.39 is 0 Å². The average molecular weight is 410 g/mol. The molecule has 4 nitrogen and oxygen atoms in total. The number of rotatable bonds is 6. The first kappa shape index (κ1) is 16.9. The van der Waals surface area contributed by atoms with Crippen molar-refractivity contribution in [3.8, 4) is 0 Å². The lowest BCUT2D eigenvalue weighted by Crippen LogP contribution is -2.26. The van der Waals surface area contributed by atoms with Crippen LogP contribution in [0.15, 0.2) is 65.4 Å². The smallest absolute Gasteiger partial charge is 0.221 e. The highest BCUT2D eigenvalue weighted by molar-refractivity contribution is 9.10. The molecule has 0 aliphatic heterocycles. The van der Waals surface area contributed by atoms with Crippen LogP contribution in [0, 0.1) is 0 Å². The van der Waals surface area contributed by atoms with Gasteiger partial charge in [-0.3, -0.25) is 4.79 Å². The zero-order valence-corrected chi connectivity index (χ0v) is 15.9. The normalized spacial score (nSPS) is 11.3. The maximum Gasteiger partial charge on any atom is 0.221 e. The van der Waals surface area contributed by atoms with Crippen LogP contribution >= 0.6 is 15.9 Å². The van der Waals surface area contributed by atoms with Crippen LogP contribution in [0.25, 0.3) is 21.8 Å². The lowest BCUT2D eigenvalue weighted by atomic mass is 10.1. The molecule has 0 saturated heterocycles. The van der Waals surface area contributed by atoms with Crippen molar-refractivity contribution in [3.05, 3.63) is 71.0 Å². The minimum Gasteiger partial charge on any atom is -0.361 e. The third kappa shape index (κ3) is 3.53. The van der Waals surface area contributed by atoms with Crippen LogP contribution in [-0.4, -0.2) is 22.0 Å². The topological polar surface area (TPSA) is 49.8 Å². The maximum atomic E-state index is 12.2. The van der Waals surface area contributed by atoms with Crippen LogP contribution in [0.3, 0.4) is 0 Å². The molecule has 2 aromatic carbocycles. The Kier molecular flexibility index (Phi) is 4.80. The largest absolute Gasteiger partial charge is 0.361 e. The van der Waals surface area contributed by atoms with Crippen molar-refractivity contribution in [1.82, 2.24) is 14.9 Å². The Hall–Kier alpha value is -2.53. The fourth-order valence-electron chi connectivity index (χ4n) is 3.35. The highest BCUT2D eigenvalue weighted by Gasteiger charge is 2.07. The van der Waals surface area contributed by atoms with Gasteiger partial charge in [0.05, 0.1) is 0 Å². The summed E-state index contributed by atoms with van der Waals surface area (Å²) >= 11 is 3.49. The molecule has 0 aliphatic rings. The molecule has 5 heteroatoms. The third-order valence-electron chi connectivity index (χ3n) is 4.70. The highest BCUT2D eigenvalue weighted by Crippen LogP contribution is 2.21. The monoisotopic (exact) mass is 409 g/mol. The molecule has 0 bridgehead atoms. The molecule has 26 heavy (non-hydrogen) atoms. The van der Waals surface area contributed by atoms with Gasteiger partial charge in [-0.05, 0) is 42.3 Å². The summed E-state index contributed by atoms with van der Waals surface area (Å²) < 4.78 is 3.19. The molecule has 2 aromatic heterocycles. The number of fused-ring (bicyclic) bond motifs is 2. The second-order valence-corrected chi connectivity index (χ2v) is 7.34. The van der Waals surface area contributed by atoms with Gasteiger partial charge in [0.15, 0.2) is 0 Å². The van der Waals surface area contributed by atoms with E-state index >= 15 is 0 Å². The van der Waals surface area contributed by atoms with Crippen molar-refractivity contribution in [2.45, 2.75) is 19.4 Å². The fraction of sp³-hybridized carbons (Fsp3) is 0.190. The molecule has 4 aromatic rings. The number of amides is 1. The maximum absolute atomic E-state index is 12.2.